The van der Waals surface area contributed by atoms with Crippen LogP contribution in [0.1, 0.15) is 27.5 Å². The zero-order chi connectivity index (χ0) is 22.5. The van der Waals surface area contributed by atoms with Crippen LogP contribution >= 0.6 is 0 Å². The highest BCUT2D eigenvalue weighted by Crippen LogP contribution is 2.29. The summed E-state index contributed by atoms with van der Waals surface area (Å²) < 4.78 is 5.23. The summed E-state index contributed by atoms with van der Waals surface area (Å²) in [6.45, 7) is 0.678. The van der Waals surface area contributed by atoms with E-state index in [9.17, 15) is 14.4 Å². The van der Waals surface area contributed by atoms with Crippen molar-refractivity contribution in [2.24, 2.45) is 0 Å². The van der Waals surface area contributed by atoms with Gasteiger partial charge in [0, 0.05) is 31.0 Å². The number of hydrogen-bond donors (Lipinski definition) is 2. The molecule has 4 rings (SSSR count). The monoisotopic (exact) mass is 430 g/mol. The largest absolute Gasteiger partial charge is 0.497 e. The molecule has 1 atom stereocenters. The van der Waals surface area contributed by atoms with Gasteiger partial charge in [0.1, 0.15) is 5.75 Å². The molecule has 0 aliphatic carbocycles. The van der Waals surface area contributed by atoms with E-state index in [1.54, 1.807) is 30.5 Å². The summed E-state index contributed by atoms with van der Waals surface area (Å²) in [5.74, 6) is 0.487. The van der Waals surface area contributed by atoms with Gasteiger partial charge in [-0.25, -0.2) is 4.79 Å². The van der Waals surface area contributed by atoms with Crippen molar-refractivity contribution in [1.29, 1.82) is 0 Å². The number of methoxy groups -OCH3 is 1. The topological polar surface area (TPSA) is 101 Å². The van der Waals surface area contributed by atoms with Gasteiger partial charge in [-0.15, -0.1) is 0 Å². The summed E-state index contributed by atoms with van der Waals surface area (Å²) in [4.78, 5) is 41.4. The van der Waals surface area contributed by atoms with Crippen molar-refractivity contribution in [3.05, 3.63) is 83.7 Å². The number of imide groups is 1. The van der Waals surface area contributed by atoms with Gasteiger partial charge in [-0.1, -0.05) is 30.3 Å². The van der Waals surface area contributed by atoms with Crippen LogP contribution in [0.15, 0.2) is 67.0 Å². The summed E-state index contributed by atoms with van der Waals surface area (Å²) in [6.07, 6.45) is 3.77. The Morgan fingerprint density at radius 2 is 1.84 bits per heavy atom. The van der Waals surface area contributed by atoms with Crippen molar-refractivity contribution in [2.45, 2.75) is 12.6 Å². The first-order valence-corrected chi connectivity index (χ1v) is 10.1. The number of hydrogen-bond acceptors (Lipinski definition) is 5. The van der Waals surface area contributed by atoms with E-state index in [4.69, 9.17) is 4.74 Å². The molecule has 32 heavy (non-hydrogen) atoms. The number of amides is 4. The zero-order valence-electron chi connectivity index (χ0n) is 17.4. The first-order valence-electron chi connectivity index (χ1n) is 10.1. The first-order chi connectivity index (χ1) is 15.6. The summed E-state index contributed by atoms with van der Waals surface area (Å²) in [7, 11) is 1.56. The fraction of sp³-hybridized carbons (Fsp3) is 0.167. The van der Waals surface area contributed by atoms with Crippen LogP contribution in [-0.2, 0) is 11.3 Å². The number of urea groups is 1. The molecule has 0 saturated heterocycles. The smallest absolute Gasteiger partial charge is 0.321 e. The number of carbonyl (C=O) groups excluding carboxylic acids is 3. The van der Waals surface area contributed by atoms with E-state index in [2.05, 4.69) is 15.6 Å². The third kappa shape index (κ3) is 4.44. The van der Waals surface area contributed by atoms with Crippen LogP contribution in [0.2, 0.25) is 0 Å². The minimum atomic E-state index is -0.631. The fourth-order valence-electron chi connectivity index (χ4n) is 3.78. The molecule has 3 aromatic rings. The Bertz CT molecular complexity index is 1130. The van der Waals surface area contributed by atoms with Gasteiger partial charge >= 0.3 is 6.03 Å². The second kappa shape index (κ2) is 9.30. The number of benzene rings is 2. The Balaban J connectivity index is 1.56. The highest BCUT2D eigenvalue weighted by molar-refractivity contribution is 5.98. The number of pyridine rings is 1. The van der Waals surface area contributed by atoms with E-state index in [0.29, 0.717) is 24.3 Å². The Morgan fingerprint density at radius 3 is 2.53 bits per heavy atom. The Labute approximate surface area is 185 Å². The second-order valence-electron chi connectivity index (χ2n) is 7.35. The maximum atomic E-state index is 13.0. The van der Waals surface area contributed by atoms with Gasteiger partial charge in [0.15, 0.2) is 0 Å². The number of aromatic nitrogens is 1. The predicted molar refractivity (Wildman–Crippen MR) is 118 cm³/mol. The predicted octanol–water partition coefficient (Wildman–Crippen LogP) is 2.91. The molecule has 2 N–H and O–H groups in total. The third-order valence-electron chi connectivity index (χ3n) is 5.42. The molecule has 0 saturated carbocycles. The Morgan fingerprint density at radius 1 is 1.12 bits per heavy atom. The highest BCUT2D eigenvalue weighted by Gasteiger charge is 2.30. The third-order valence-corrected chi connectivity index (χ3v) is 5.42. The molecule has 2 heterocycles. The van der Waals surface area contributed by atoms with Crippen LogP contribution in [0.3, 0.4) is 0 Å². The van der Waals surface area contributed by atoms with E-state index < -0.39 is 12.1 Å². The highest BCUT2D eigenvalue weighted by atomic mass is 16.5. The molecule has 1 aromatic heterocycles. The van der Waals surface area contributed by atoms with Crippen LogP contribution in [0.5, 0.6) is 5.75 Å². The van der Waals surface area contributed by atoms with E-state index in [1.807, 2.05) is 48.5 Å². The lowest BCUT2D eigenvalue weighted by molar-refractivity contribution is -0.108. The van der Waals surface area contributed by atoms with Crippen molar-refractivity contribution >= 4 is 18.3 Å². The lowest BCUT2D eigenvalue weighted by atomic mass is 10.0. The zero-order valence-corrected chi connectivity index (χ0v) is 17.4. The Kier molecular flexibility index (Phi) is 6.12. The normalized spacial score (nSPS) is 13.3. The van der Waals surface area contributed by atoms with Gasteiger partial charge < -0.3 is 15.0 Å². The molecular formula is C24H22N4O4. The summed E-state index contributed by atoms with van der Waals surface area (Å²) >= 11 is 0. The van der Waals surface area contributed by atoms with Crippen LogP contribution < -0.4 is 15.4 Å². The van der Waals surface area contributed by atoms with Crippen LogP contribution in [0.25, 0.3) is 11.1 Å². The first kappa shape index (κ1) is 21.0. The Hall–Kier alpha value is -4.20. The molecule has 8 heteroatoms. The summed E-state index contributed by atoms with van der Waals surface area (Å²) in [6, 6.07) is 15.8. The van der Waals surface area contributed by atoms with Gasteiger partial charge in [-0.2, -0.15) is 0 Å². The SMILES string of the molecule is COc1ccc2c(c1)C(=O)N(C[C@H](NC(=O)NC=O)c1ccc(-c3ccncc3)cc1)C2. The lowest BCUT2D eigenvalue weighted by Crippen LogP contribution is -2.42. The van der Waals surface area contributed by atoms with Crippen molar-refractivity contribution in [3.63, 3.8) is 0 Å². The molecule has 2 aromatic carbocycles. The van der Waals surface area contributed by atoms with Crippen molar-refractivity contribution in [2.75, 3.05) is 13.7 Å². The van der Waals surface area contributed by atoms with Crippen molar-refractivity contribution in [3.8, 4) is 16.9 Å². The second-order valence-corrected chi connectivity index (χ2v) is 7.35. The molecule has 1 aliphatic heterocycles. The number of carbonyl (C=O) groups is 3. The van der Waals surface area contributed by atoms with Gasteiger partial charge in [-0.3, -0.25) is 19.9 Å². The number of fused-ring (bicyclic) bond motifs is 1. The number of ether oxygens (including phenoxy) is 1. The molecule has 162 valence electrons. The van der Waals surface area contributed by atoms with Crippen LogP contribution in [0.4, 0.5) is 4.79 Å². The van der Waals surface area contributed by atoms with Crippen LogP contribution in [0, 0.1) is 0 Å². The molecule has 4 amide bonds. The maximum absolute atomic E-state index is 13.0. The average Bonchev–Trinajstić information content (AvgIpc) is 3.14. The molecule has 0 fully saturated rings. The molecule has 1 aliphatic rings. The van der Waals surface area contributed by atoms with Gasteiger partial charge in [0.2, 0.25) is 6.41 Å². The number of nitrogens with one attached hydrogen (secondary N) is 2. The van der Waals surface area contributed by atoms with Crippen molar-refractivity contribution < 1.29 is 19.1 Å². The fourth-order valence-corrected chi connectivity index (χ4v) is 3.78. The van der Waals surface area contributed by atoms with Gasteiger partial charge in [0.05, 0.1) is 13.2 Å². The number of nitrogens with zero attached hydrogens (tertiary/aromatic N) is 2. The van der Waals surface area contributed by atoms with Crippen molar-refractivity contribution in [1.82, 2.24) is 20.5 Å². The lowest BCUT2D eigenvalue weighted by Gasteiger charge is -2.25. The molecule has 0 radical (unpaired) electrons. The van der Waals surface area contributed by atoms with Crippen LogP contribution in [-0.4, -0.2) is 41.9 Å². The van der Waals surface area contributed by atoms with E-state index >= 15 is 0 Å². The van der Waals surface area contributed by atoms with E-state index in [1.165, 1.54) is 0 Å². The molecule has 8 nitrogen and oxygen atoms in total. The van der Waals surface area contributed by atoms with Gasteiger partial charge in [-0.05, 0) is 46.5 Å². The minimum absolute atomic E-state index is 0.130. The summed E-state index contributed by atoms with van der Waals surface area (Å²) in [5.41, 5.74) is 4.33. The summed E-state index contributed by atoms with van der Waals surface area (Å²) in [5, 5.41) is 4.87. The maximum Gasteiger partial charge on any atom is 0.321 e. The molecule has 0 bridgehead atoms. The van der Waals surface area contributed by atoms with E-state index in [-0.39, 0.29) is 12.5 Å². The number of rotatable bonds is 7. The van der Waals surface area contributed by atoms with Gasteiger partial charge in [0.25, 0.3) is 5.91 Å². The van der Waals surface area contributed by atoms with E-state index in [0.717, 1.165) is 22.3 Å². The average molecular weight is 430 g/mol. The standard InChI is InChI=1S/C24H22N4O4/c1-32-20-7-6-19-13-28(23(30)21(19)12-20)14-22(27-24(31)26-15-29)18-4-2-16(3-5-18)17-8-10-25-11-9-17/h2-12,15,22H,13-14H2,1H3,(H2,26,27,29,31)/t22-/m0/s1. The minimum Gasteiger partial charge on any atom is -0.497 e. The molecule has 0 unspecified atom stereocenters. The molecular weight excluding hydrogens is 408 g/mol. The molecule has 0 spiro atoms. The quantitative estimate of drug-likeness (QED) is 0.562.